The molecule has 1 saturated carbocycles. The van der Waals surface area contributed by atoms with Gasteiger partial charge in [0.05, 0.1) is 5.60 Å². The number of benzene rings is 2. The largest absolute Gasteiger partial charge is 0.390 e. The van der Waals surface area contributed by atoms with Crippen molar-refractivity contribution in [3.05, 3.63) is 69.7 Å². The van der Waals surface area contributed by atoms with Crippen LogP contribution in [0.15, 0.2) is 48.5 Å². The van der Waals surface area contributed by atoms with E-state index in [9.17, 15) is 5.11 Å². The maximum atomic E-state index is 11.7. The van der Waals surface area contributed by atoms with Crippen LogP contribution >= 0.6 is 23.2 Å². The molecule has 27 heavy (non-hydrogen) atoms. The molecular weight excluding hydrogens is 377 g/mol. The molecule has 0 radical (unpaired) electrons. The summed E-state index contributed by atoms with van der Waals surface area (Å²) in [7, 11) is 4.16. The van der Waals surface area contributed by atoms with Gasteiger partial charge in [-0.1, -0.05) is 72.4 Å². The van der Waals surface area contributed by atoms with E-state index < -0.39 is 5.60 Å². The summed E-state index contributed by atoms with van der Waals surface area (Å²) in [5, 5.41) is 13.3. The van der Waals surface area contributed by atoms with Crippen LogP contribution in [0.1, 0.15) is 49.3 Å². The Labute approximate surface area is 173 Å². The third-order valence-electron chi connectivity index (χ3n) is 6.01. The van der Waals surface area contributed by atoms with Crippen molar-refractivity contribution in [2.45, 2.75) is 50.2 Å². The third kappa shape index (κ3) is 4.68. The highest BCUT2D eigenvalue weighted by molar-refractivity contribution is 6.31. The number of nitrogens with zero attached hydrogens (tertiary/aromatic N) is 1. The molecule has 3 atom stereocenters. The Morgan fingerprint density at radius 2 is 1.70 bits per heavy atom. The van der Waals surface area contributed by atoms with E-state index in [1.54, 1.807) is 0 Å². The molecule has 0 saturated heterocycles. The highest BCUT2D eigenvalue weighted by Gasteiger charge is 2.44. The number of hydrogen-bond donors (Lipinski definition) is 1. The molecule has 1 aliphatic carbocycles. The molecule has 0 bridgehead atoms. The zero-order valence-electron chi connectivity index (χ0n) is 16.2. The lowest BCUT2D eigenvalue weighted by Gasteiger charge is -2.46. The first-order chi connectivity index (χ1) is 12.9. The van der Waals surface area contributed by atoms with Crippen molar-refractivity contribution in [3.63, 3.8) is 0 Å². The summed E-state index contributed by atoms with van der Waals surface area (Å²) in [4.78, 5) is 2.21. The van der Waals surface area contributed by atoms with Crippen LogP contribution in [0.3, 0.4) is 0 Å². The SMILES string of the molecule is CN(C)C(c1ccccc1Cl)C1CCCCC1(O)CCc1ccccc1Cl. The van der Waals surface area contributed by atoms with Gasteiger partial charge in [-0.3, -0.25) is 0 Å². The van der Waals surface area contributed by atoms with Gasteiger partial charge in [-0.2, -0.15) is 0 Å². The van der Waals surface area contributed by atoms with Gasteiger partial charge >= 0.3 is 0 Å². The Morgan fingerprint density at radius 1 is 1.04 bits per heavy atom. The van der Waals surface area contributed by atoms with Crippen LogP contribution in [0.5, 0.6) is 0 Å². The molecular formula is C23H29Cl2NO. The van der Waals surface area contributed by atoms with Gasteiger partial charge in [0.15, 0.2) is 0 Å². The Hall–Kier alpha value is -1.06. The highest BCUT2D eigenvalue weighted by atomic mass is 35.5. The summed E-state index contributed by atoms with van der Waals surface area (Å²) in [5.41, 5.74) is 1.49. The molecule has 0 amide bonds. The second kappa shape index (κ2) is 8.96. The molecule has 146 valence electrons. The van der Waals surface area contributed by atoms with Crippen LogP contribution in [0.4, 0.5) is 0 Å². The molecule has 1 fully saturated rings. The van der Waals surface area contributed by atoms with Crippen LogP contribution in [-0.2, 0) is 6.42 Å². The summed E-state index contributed by atoms with van der Waals surface area (Å²) in [5.74, 6) is 0.142. The Morgan fingerprint density at radius 3 is 2.37 bits per heavy atom. The summed E-state index contributed by atoms with van der Waals surface area (Å²) in [6, 6.07) is 16.1. The molecule has 0 aliphatic heterocycles. The zero-order valence-corrected chi connectivity index (χ0v) is 17.7. The average molecular weight is 406 g/mol. The second-order valence-electron chi connectivity index (χ2n) is 7.98. The topological polar surface area (TPSA) is 23.5 Å². The maximum Gasteiger partial charge on any atom is 0.0697 e. The Kier molecular flexibility index (Phi) is 6.86. The van der Waals surface area contributed by atoms with Gasteiger partial charge in [0.1, 0.15) is 0 Å². The fraction of sp³-hybridized carbons (Fsp3) is 0.478. The van der Waals surface area contributed by atoms with Crippen molar-refractivity contribution >= 4 is 23.2 Å². The van der Waals surface area contributed by atoms with Crippen molar-refractivity contribution < 1.29 is 5.11 Å². The number of aliphatic hydroxyl groups is 1. The highest BCUT2D eigenvalue weighted by Crippen LogP contribution is 2.47. The predicted molar refractivity (Wildman–Crippen MR) is 115 cm³/mol. The Balaban J connectivity index is 1.88. The number of aryl methyl sites for hydroxylation is 1. The Bertz CT molecular complexity index is 764. The van der Waals surface area contributed by atoms with Crippen molar-refractivity contribution in [1.29, 1.82) is 0 Å². The lowest BCUT2D eigenvalue weighted by Crippen LogP contribution is -2.47. The number of halogens is 2. The fourth-order valence-electron chi connectivity index (χ4n) is 4.63. The van der Waals surface area contributed by atoms with Gasteiger partial charge < -0.3 is 10.0 Å². The van der Waals surface area contributed by atoms with Gasteiger partial charge in [-0.25, -0.2) is 0 Å². The van der Waals surface area contributed by atoms with Crippen LogP contribution in [0, 0.1) is 5.92 Å². The van der Waals surface area contributed by atoms with Crippen molar-refractivity contribution in [2.75, 3.05) is 14.1 Å². The minimum atomic E-state index is -0.717. The summed E-state index contributed by atoms with van der Waals surface area (Å²) in [6.45, 7) is 0. The number of hydrogen-bond acceptors (Lipinski definition) is 2. The monoisotopic (exact) mass is 405 g/mol. The van der Waals surface area contributed by atoms with Crippen molar-refractivity contribution in [3.8, 4) is 0 Å². The molecule has 2 aromatic carbocycles. The number of rotatable bonds is 6. The first-order valence-electron chi connectivity index (χ1n) is 9.79. The first kappa shape index (κ1) is 20.7. The average Bonchev–Trinajstić information content (AvgIpc) is 2.64. The van der Waals surface area contributed by atoms with E-state index in [1.165, 1.54) is 0 Å². The van der Waals surface area contributed by atoms with Gasteiger partial charge in [-0.15, -0.1) is 0 Å². The van der Waals surface area contributed by atoms with Crippen molar-refractivity contribution in [2.24, 2.45) is 5.92 Å². The second-order valence-corrected chi connectivity index (χ2v) is 8.79. The van der Waals surface area contributed by atoms with E-state index in [4.69, 9.17) is 23.2 Å². The van der Waals surface area contributed by atoms with Crippen molar-refractivity contribution in [1.82, 2.24) is 4.90 Å². The van der Waals surface area contributed by atoms with Gasteiger partial charge in [0, 0.05) is 22.0 Å². The first-order valence-corrected chi connectivity index (χ1v) is 10.5. The molecule has 1 aliphatic rings. The van der Waals surface area contributed by atoms with E-state index in [1.807, 2.05) is 36.4 Å². The molecule has 3 unspecified atom stereocenters. The van der Waals surface area contributed by atoms with E-state index in [-0.39, 0.29) is 12.0 Å². The van der Waals surface area contributed by atoms with E-state index in [0.29, 0.717) is 0 Å². The molecule has 0 heterocycles. The van der Waals surface area contributed by atoms with E-state index in [2.05, 4.69) is 31.1 Å². The summed E-state index contributed by atoms with van der Waals surface area (Å²) >= 11 is 12.9. The molecule has 2 nitrogen and oxygen atoms in total. The minimum absolute atomic E-state index is 0.0928. The molecule has 2 aromatic rings. The third-order valence-corrected chi connectivity index (χ3v) is 6.72. The smallest absolute Gasteiger partial charge is 0.0697 e. The van der Waals surface area contributed by atoms with Gasteiger partial charge in [0.25, 0.3) is 0 Å². The van der Waals surface area contributed by atoms with Crippen LogP contribution in [-0.4, -0.2) is 29.7 Å². The molecule has 0 spiro atoms. The molecule has 3 rings (SSSR count). The van der Waals surface area contributed by atoms with E-state index in [0.717, 1.165) is 59.7 Å². The van der Waals surface area contributed by atoms with Crippen LogP contribution in [0.2, 0.25) is 10.0 Å². The normalized spacial score (nSPS) is 24.1. The predicted octanol–water partition coefficient (Wildman–Crippen LogP) is 6.15. The van der Waals surface area contributed by atoms with Crippen LogP contribution in [0.25, 0.3) is 0 Å². The minimum Gasteiger partial charge on any atom is -0.390 e. The summed E-state index contributed by atoms with van der Waals surface area (Å²) in [6.07, 6.45) is 5.56. The molecule has 1 N–H and O–H groups in total. The molecule has 4 heteroatoms. The zero-order chi connectivity index (χ0) is 19.4. The van der Waals surface area contributed by atoms with Gasteiger partial charge in [0.2, 0.25) is 0 Å². The fourth-order valence-corrected chi connectivity index (χ4v) is 5.11. The van der Waals surface area contributed by atoms with Crippen LogP contribution < -0.4 is 0 Å². The lowest BCUT2D eigenvalue weighted by molar-refractivity contribution is -0.0828. The summed E-state index contributed by atoms with van der Waals surface area (Å²) < 4.78 is 0. The van der Waals surface area contributed by atoms with E-state index >= 15 is 0 Å². The van der Waals surface area contributed by atoms with Gasteiger partial charge in [-0.05, 0) is 63.0 Å². The lowest BCUT2D eigenvalue weighted by atomic mass is 9.67. The maximum absolute atomic E-state index is 11.7. The standard InChI is InChI=1S/C23H29Cl2NO/c1-26(2)22(18-10-4-6-13-21(18)25)19-11-7-8-15-23(19,27)16-14-17-9-3-5-12-20(17)24/h3-6,9-10,12-13,19,22,27H,7-8,11,14-16H2,1-2H3. The quantitative estimate of drug-likeness (QED) is 0.622. The molecule has 0 aromatic heterocycles.